The van der Waals surface area contributed by atoms with Gasteiger partial charge in [-0.1, -0.05) is 32.4 Å². The number of fused-ring (bicyclic) bond motifs is 2. The van der Waals surface area contributed by atoms with E-state index in [9.17, 15) is 19.2 Å². The molecule has 10 nitrogen and oxygen atoms in total. The molecule has 0 bridgehead atoms. The van der Waals surface area contributed by atoms with E-state index < -0.39 is 11.2 Å². The Morgan fingerprint density at radius 1 is 1.06 bits per heavy atom. The van der Waals surface area contributed by atoms with Gasteiger partial charge in [0.2, 0.25) is 11.8 Å². The number of nitrogens with one attached hydrogen (secondary N) is 2. The first kappa shape index (κ1) is 22.5. The van der Waals surface area contributed by atoms with Crippen LogP contribution in [0.1, 0.15) is 45.4 Å². The van der Waals surface area contributed by atoms with Gasteiger partial charge in [0.15, 0.2) is 11.2 Å². The molecule has 1 aliphatic heterocycles. The maximum Gasteiger partial charge on any atom is 0.330 e. The Morgan fingerprint density at radius 3 is 2.61 bits per heavy atom. The molecular weight excluding hydrogens is 424 g/mol. The van der Waals surface area contributed by atoms with E-state index in [4.69, 9.17) is 0 Å². The Morgan fingerprint density at radius 2 is 1.85 bits per heavy atom. The molecule has 0 saturated carbocycles. The maximum atomic E-state index is 13.1. The van der Waals surface area contributed by atoms with Gasteiger partial charge in [-0.15, -0.1) is 0 Å². The summed E-state index contributed by atoms with van der Waals surface area (Å²) in [5.74, 6) is 0.140. The van der Waals surface area contributed by atoms with E-state index in [1.807, 2.05) is 17.6 Å². The highest BCUT2D eigenvalue weighted by Crippen LogP contribution is 2.29. The number of para-hydroxylation sites is 2. The maximum absolute atomic E-state index is 13.1. The molecule has 0 unspecified atom stereocenters. The minimum Gasteiger partial charge on any atom is -0.323 e. The van der Waals surface area contributed by atoms with Crippen molar-refractivity contribution in [3.8, 4) is 0 Å². The van der Waals surface area contributed by atoms with Crippen molar-refractivity contribution in [1.82, 2.24) is 19.1 Å². The monoisotopic (exact) mass is 452 g/mol. The first-order valence-electron chi connectivity index (χ1n) is 11.4. The summed E-state index contributed by atoms with van der Waals surface area (Å²) in [6.07, 6.45) is 2.88. The number of benzene rings is 1. The quantitative estimate of drug-likeness (QED) is 0.541. The van der Waals surface area contributed by atoms with E-state index in [1.54, 1.807) is 18.2 Å². The fourth-order valence-corrected chi connectivity index (χ4v) is 4.21. The molecule has 33 heavy (non-hydrogen) atoms. The fraction of sp³-hybridized carbons (Fsp3) is 0.435. The summed E-state index contributed by atoms with van der Waals surface area (Å²) in [5.41, 5.74) is 1.04. The minimum atomic E-state index is -0.479. The summed E-state index contributed by atoms with van der Waals surface area (Å²) >= 11 is 0. The van der Waals surface area contributed by atoms with E-state index in [0.717, 1.165) is 12.8 Å². The SMILES string of the molecule is CCCCn1c(CCC(=O)N2CC(=O)Nc3ccccc32)nc2c1c(=O)[nH]c(=O)n2CCC. The van der Waals surface area contributed by atoms with Crippen LogP contribution < -0.4 is 21.5 Å². The Labute approximate surface area is 190 Å². The Kier molecular flexibility index (Phi) is 6.43. The second-order valence-electron chi connectivity index (χ2n) is 8.16. The van der Waals surface area contributed by atoms with Crippen molar-refractivity contribution in [3.05, 3.63) is 50.9 Å². The molecule has 0 aliphatic carbocycles. The Hall–Kier alpha value is -3.69. The van der Waals surface area contributed by atoms with Crippen molar-refractivity contribution in [2.45, 2.75) is 59.0 Å². The van der Waals surface area contributed by atoms with Crippen molar-refractivity contribution < 1.29 is 9.59 Å². The van der Waals surface area contributed by atoms with Crippen LogP contribution in [0.25, 0.3) is 11.2 Å². The molecule has 3 heterocycles. The first-order chi connectivity index (χ1) is 15.9. The van der Waals surface area contributed by atoms with Gasteiger partial charge in [0.25, 0.3) is 5.56 Å². The van der Waals surface area contributed by atoms with Gasteiger partial charge in [-0.25, -0.2) is 9.78 Å². The number of hydrogen-bond acceptors (Lipinski definition) is 5. The lowest BCUT2D eigenvalue weighted by Crippen LogP contribution is -2.42. The summed E-state index contributed by atoms with van der Waals surface area (Å²) < 4.78 is 3.31. The number of unbranched alkanes of at least 4 members (excludes halogenated alkanes) is 1. The molecule has 2 N–H and O–H groups in total. The third-order valence-electron chi connectivity index (χ3n) is 5.78. The summed E-state index contributed by atoms with van der Waals surface area (Å²) in [7, 11) is 0. The highest BCUT2D eigenvalue weighted by Gasteiger charge is 2.27. The van der Waals surface area contributed by atoms with Gasteiger partial charge < -0.3 is 14.8 Å². The largest absolute Gasteiger partial charge is 0.330 e. The predicted molar refractivity (Wildman–Crippen MR) is 126 cm³/mol. The topological polar surface area (TPSA) is 122 Å². The van der Waals surface area contributed by atoms with Crippen molar-refractivity contribution in [2.75, 3.05) is 16.8 Å². The summed E-state index contributed by atoms with van der Waals surface area (Å²) in [6.45, 7) is 4.97. The number of anilines is 2. The van der Waals surface area contributed by atoms with E-state index in [0.29, 0.717) is 47.9 Å². The number of nitrogens with zero attached hydrogens (tertiary/aromatic N) is 4. The highest BCUT2D eigenvalue weighted by atomic mass is 16.2. The third kappa shape index (κ3) is 4.33. The molecule has 174 valence electrons. The zero-order chi connectivity index (χ0) is 23.5. The molecule has 3 aromatic rings. The molecule has 10 heteroatoms. The van der Waals surface area contributed by atoms with Crippen LogP contribution >= 0.6 is 0 Å². The van der Waals surface area contributed by atoms with Crippen LogP contribution in [0, 0.1) is 0 Å². The lowest BCUT2D eigenvalue weighted by molar-refractivity contribution is -0.121. The normalized spacial score (nSPS) is 13.3. The van der Waals surface area contributed by atoms with Crippen LogP contribution in [-0.2, 0) is 29.1 Å². The number of hydrogen-bond donors (Lipinski definition) is 2. The van der Waals surface area contributed by atoms with E-state index in [2.05, 4.69) is 22.2 Å². The summed E-state index contributed by atoms with van der Waals surface area (Å²) in [6, 6.07) is 7.18. The first-order valence-corrected chi connectivity index (χ1v) is 11.4. The smallest absolute Gasteiger partial charge is 0.323 e. The highest BCUT2D eigenvalue weighted by molar-refractivity contribution is 6.09. The van der Waals surface area contributed by atoms with Crippen LogP contribution in [-0.4, -0.2) is 37.5 Å². The lowest BCUT2D eigenvalue weighted by Gasteiger charge is -2.29. The van der Waals surface area contributed by atoms with Gasteiger partial charge in [0.1, 0.15) is 12.4 Å². The zero-order valence-corrected chi connectivity index (χ0v) is 18.9. The molecule has 0 radical (unpaired) electrons. The van der Waals surface area contributed by atoms with Gasteiger partial charge in [-0.2, -0.15) is 0 Å². The van der Waals surface area contributed by atoms with E-state index >= 15 is 0 Å². The number of aromatic nitrogens is 4. The van der Waals surface area contributed by atoms with Gasteiger partial charge in [0, 0.05) is 25.9 Å². The Balaban J connectivity index is 1.67. The van der Waals surface area contributed by atoms with Crippen molar-refractivity contribution >= 4 is 34.4 Å². The number of H-pyrrole nitrogens is 1. The standard InChI is InChI=1S/C23H28N6O4/c1-3-5-13-27-17(25-21-20(27)22(32)26-23(33)28(21)12-4-2)10-11-19(31)29-14-18(30)24-15-8-6-7-9-16(15)29/h6-9H,3-5,10-14H2,1-2H3,(H,24,30)(H,26,32,33). The molecule has 0 atom stereocenters. The molecule has 0 fully saturated rings. The zero-order valence-electron chi connectivity index (χ0n) is 18.9. The molecule has 1 aromatic carbocycles. The molecular formula is C23H28N6O4. The molecule has 1 aliphatic rings. The molecule has 2 amide bonds. The second kappa shape index (κ2) is 9.43. The van der Waals surface area contributed by atoms with Crippen molar-refractivity contribution in [3.63, 3.8) is 0 Å². The van der Waals surface area contributed by atoms with E-state index in [-0.39, 0.29) is 31.2 Å². The number of aromatic amines is 1. The van der Waals surface area contributed by atoms with Crippen LogP contribution in [0.2, 0.25) is 0 Å². The van der Waals surface area contributed by atoms with Crippen LogP contribution in [0.5, 0.6) is 0 Å². The van der Waals surface area contributed by atoms with Crippen molar-refractivity contribution in [1.29, 1.82) is 0 Å². The Bertz CT molecular complexity index is 1320. The summed E-state index contributed by atoms with van der Waals surface area (Å²) in [4.78, 5) is 58.7. The molecule has 0 spiro atoms. The number of rotatable bonds is 8. The van der Waals surface area contributed by atoms with Gasteiger partial charge in [-0.05, 0) is 25.0 Å². The van der Waals surface area contributed by atoms with Gasteiger partial charge >= 0.3 is 5.69 Å². The molecule has 4 rings (SSSR count). The number of aryl methyl sites for hydroxylation is 3. The number of amides is 2. The average molecular weight is 453 g/mol. The van der Waals surface area contributed by atoms with Gasteiger partial charge in [-0.3, -0.25) is 23.9 Å². The summed E-state index contributed by atoms with van der Waals surface area (Å²) in [5, 5.41) is 2.78. The predicted octanol–water partition coefficient (Wildman–Crippen LogP) is 2.01. The number of carbonyl (C=O) groups is 2. The molecule has 0 saturated heterocycles. The van der Waals surface area contributed by atoms with Gasteiger partial charge in [0.05, 0.1) is 11.4 Å². The lowest BCUT2D eigenvalue weighted by atomic mass is 10.1. The van der Waals surface area contributed by atoms with Crippen molar-refractivity contribution in [2.24, 2.45) is 0 Å². The van der Waals surface area contributed by atoms with Crippen LogP contribution in [0.4, 0.5) is 11.4 Å². The number of imidazole rings is 1. The fourth-order valence-electron chi connectivity index (χ4n) is 4.21. The van der Waals surface area contributed by atoms with Crippen LogP contribution in [0.15, 0.2) is 33.9 Å². The molecule has 2 aromatic heterocycles. The second-order valence-corrected chi connectivity index (χ2v) is 8.16. The van der Waals surface area contributed by atoms with Crippen LogP contribution in [0.3, 0.4) is 0 Å². The minimum absolute atomic E-state index is 0.0438. The van der Waals surface area contributed by atoms with E-state index in [1.165, 1.54) is 9.47 Å². The average Bonchev–Trinajstić information content (AvgIpc) is 3.16. The number of carbonyl (C=O) groups excluding carboxylic acids is 2. The third-order valence-corrected chi connectivity index (χ3v) is 5.78.